The lowest BCUT2D eigenvalue weighted by Crippen LogP contribution is -2.09. The number of aromatic nitrogens is 1. The van der Waals surface area contributed by atoms with Gasteiger partial charge in [0.05, 0.1) is 12.1 Å². The topological polar surface area (TPSA) is 73.0 Å². The van der Waals surface area contributed by atoms with Crippen LogP contribution in [0.4, 0.5) is 5.69 Å². The lowest BCUT2D eigenvalue weighted by molar-refractivity contribution is -0.116. The van der Waals surface area contributed by atoms with Gasteiger partial charge >= 0.3 is 0 Å². The minimum atomic E-state index is -0.328. The van der Waals surface area contributed by atoms with Crippen molar-refractivity contribution >= 4 is 17.3 Å². The van der Waals surface area contributed by atoms with Gasteiger partial charge < -0.3 is 5.73 Å². The highest BCUT2D eigenvalue weighted by atomic mass is 16.1. The second-order valence-corrected chi connectivity index (χ2v) is 2.74. The summed E-state index contributed by atoms with van der Waals surface area (Å²) >= 11 is 0. The van der Waals surface area contributed by atoms with Crippen molar-refractivity contribution in [2.24, 2.45) is 0 Å². The van der Waals surface area contributed by atoms with Crippen LogP contribution in [0.1, 0.15) is 23.8 Å². The van der Waals surface area contributed by atoms with Crippen LogP contribution in [-0.4, -0.2) is 16.6 Å². The summed E-state index contributed by atoms with van der Waals surface area (Å²) in [6.45, 7) is 1.36. The predicted molar refractivity (Wildman–Crippen MR) is 48.3 cm³/mol. The van der Waals surface area contributed by atoms with Gasteiger partial charge in [-0.2, -0.15) is 0 Å². The van der Waals surface area contributed by atoms with Crippen molar-refractivity contribution in [3.63, 3.8) is 0 Å². The van der Waals surface area contributed by atoms with Gasteiger partial charge in [0.1, 0.15) is 11.5 Å². The highest BCUT2D eigenvalue weighted by Crippen LogP contribution is 2.09. The summed E-state index contributed by atoms with van der Waals surface area (Å²) in [7, 11) is 0. The van der Waals surface area contributed by atoms with E-state index in [4.69, 9.17) is 5.73 Å². The van der Waals surface area contributed by atoms with Crippen molar-refractivity contribution in [2.45, 2.75) is 13.3 Å². The van der Waals surface area contributed by atoms with Gasteiger partial charge in [-0.05, 0) is 19.1 Å². The average molecular weight is 178 g/mol. The molecule has 0 saturated heterocycles. The Labute approximate surface area is 75.8 Å². The van der Waals surface area contributed by atoms with E-state index < -0.39 is 0 Å². The van der Waals surface area contributed by atoms with Crippen LogP contribution >= 0.6 is 0 Å². The molecular formula is C9H10N2O2. The first-order valence-electron chi connectivity index (χ1n) is 3.84. The SMILES string of the molecule is CC(=O)CC(=O)c1ncccc1N. The third-order valence-electron chi connectivity index (χ3n) is 1.51. The molecule has 0 saturated carbocycles. The number of rotatable bonds is 3. The Kier molecular flexibility index (Phi) is 2.74. The summed E-state index contributed by atoms with van der Waals surface area (Å²) in [5.74, 6) is -0.513. The Morgan fingerprint density at radius 3 is 2.77 bits per heavy atom. The van der Waals surface area contributed by atoms with Crippen molar-refractivity contribution < 1.29 is 9.59 Å². The zero-order valence-electron chi connectivity index (χ0n) is 7.28. The minimum Gasteiger partial charge on any atom is -0.397 e. The monoisotopic (exact) mass is 178 g/mol. The molecule has 1 aromatic heterocycles. The molecule has 0 unspecified atom stereocenters. The molecule has 0 aliphatic heterocycles. The van der Waals surface area contributed by atoms with Gasteiger partial charge in [-0.15, -0.1) is 0 Å². The van der Waals surface area contributed by atoms with Crippen LogP contribution in [0.15, 0.2) is 18.3 Å². The smallest absolute Gasteiger partial charge is 0.190 e. The molecule has 0 fully saturated rings. The first-order valence-corrected chi connectivity index (χ1v) is 3.84. The predicted octanol–water partition coefficient (Wildman–Crippen LogP) is 0.826. The van der Waals surface area contributed by atoms with Crippen molar-refractivity contribution in [2.75, 3.05) is 5.73 Å². The average Bonchev–Trinajstić information content (AvgIpc) is 2.03. The molecule has 1 heterocycles. The van der Waals surface area contributed by atoms with E-state index in [1.54, 1.807) is 12.1 Å². The third-order valence-corrected chi connectivity index (χ3v) is 1.51. The van der Waals surface area contributed by atoms with Crippen LogP contribution in [0.2, 0.25) is 0 Å². The quantitative estimate of drug-likeness (QED) is 0.549. The van der Waals surface area contributed by atoms with Gasteiger partial charge in [0.25, 0.3) is 0 Å². The number of pyridine rings is 1. The normalized spacial score (nSPS) is 9.62. The van der Waals surface area contributed by atoms with Gasteiger partial charge in [-0.25, -0.2) is 0 Å². The number of hydrogen-bond acceptors (Lipinski definition) is 4. The van der Waals surface area contributed by atoms with E-state index in [0.29, 0.717) is 5.69 Å². The summed E-state index contributed by atoms with van der Waals surface area (Å²) in [5, 5.41) is 0. The minimum absolute atomic E-state index is 0.138. The van der Waals surface area contributed by atoms with Gasteiger partial charge in [0, 0.05) is 6.20 Å². The van der Waals surface area contributed by atoms with Crippen LogP contribution in [0.3, 0.4) is 0 Å². The highest BCUT2D eigenvalue weighted by Gasteiger charge is 2.12. The van der Waals surface area contributed by atoms with Crippen LogP contribution in [0.25, 0.3) is 0 Å². The molecule has 0 amide bonds. The number of anilines is 1. The molecule has 4 nitrogen and oxygen atoms in total. The van der Waals surface area contributed by atoms with E-state index in [-0.39, 0.29) is 23.7 Å². The highest BCUT2D eigenvalue weighted by molar-refractivity contribution is 6.08. The third kappa shape index (κ3) is 2.37. The summed E-state index contributed by atoms with van der Waals surface area (Å²) in [6.07, 6.45) is 1.34. The summed E-state index contributed by atoms with van der Waals surface area (Å²) in [6, 6.07) is 3.22. The molecule has 0 radical (unpaired) electrons. The van der Waals surface area contributed by atoms with E-state index in [0.717, 1.165) is 0 Å². The number of Topliss-reactive ketones (excluding diaryl/α,β-unsaturated/α-hetero) is 2. The van der Waals surface area contributed by atoms with Gasteiger partial charge in [0.15, 0.2) is 5.78 Å². The van der Waals surface area contributed by atoms with Crippen LogP contribution in [0.5, 0.6) is 0 Å². The number of carbonyl (C=O) groups is 2. The molecule has 13 heavy (non-hydrogen) atoms. The van der Waals surface area contributed by atoms with Gasteiger partial charge in [-0.3, -0.25) is 14.6 Å². The molecule has 1 aromatic rings. The number of nitrogens with two attached hydrogens (primary N) is 1. The van der Waals surface area contributed by atoms with Gasteiger partial charge in [-0.1, -0.05) is 0 Å². The molecule has 0 aliphatic rings. The maximum Gasteiger partial charge on any atom is 0.190 e. The number of nitrogens with zero attached hydrogens (tertiary/aromatic N) is 1. The van der Waals surface area contributed by atoms with E-state index in [9.17, 15) is 9.59 Å². The first-order chi connectivity index (χ1) is 6.11. The Morgan fingerprint density at radius 1 is 1.54 bits per heavy atom. The van der Waals surface area contributed by atoms with Crippen molar-refractivity contribution in [3.8, 4) is 0 Å². The molecule has 0 spiro atoms. The maximum absolute atomic E-state index is 11.3. The Bertz CT molecular complexity index is 347. The molecule has 1 rings (SSSR count). The fraction of sp³-hybridized carbons (Fsp3) is 0.222. The van der Waals surface area contributed by atoms with Crippen LogP contribution < -0.4 is 5.73 Å². The largest absolute Gasteiger partial charge is 0.397 e. The Balaban J connectivity index is 2.89. The second kappa shape index (κ2) is 3.80. The summed E-state index contributed by atoms with van der Waals surface area (Å²) < 4.78 is 0. The molecule has 68 valence electrons. The number of carbonyl (C=O) groups excluding carboxylic acids is 2. The zero-order valence-corrected chi connectivity index (χ0v) is 7.28. The lowest BCUT2D eigenvalue weighted by atomic mass is 10.1. The van der Waals surface area contributed by atoms with E-state index in [1.807, 2.05) is 0 Å². The van der Waals surface area contributed by atoms with Crippen molar-refractivity contribution in [3.05, 3.63) is 24.0 Å². The maximum atomic E-state index is 11.3. The molecule has 0 aliphatic carbocycles. The Hall–Kier alpha value is -1.71. The molecule has 4 heteroatoms. The Morgan fingerprint density at radius 2 is 2.23 bits per heavy atom. The molecule has 2 N–H and O–H groups in total. The zero-order chi connectivity index (χ0) is 9.84. The number of ketones is 2. The van der Waals surface area contributed by atoms with Crippen LogP contribution in [0, 0.1) is 0 Å². The van der Waals surface area contributed by atoms with E-state index in [2.05, 4.69) is 4.98 Å². The lowest BCUT2D eigenvalue weighted by Gasteiger charge is -2.00. The first kappa shape index (κ1) is 9.38. The summed E-state index contributed by atoms with van der Waals surface area (Å²) in [4.78, 5) is 25.8. The van der Waals surface area contributed by atoms with Gasteiger partial charge in [0.2, 0.25) is 0 Å². The van der Waals surface area contributed by atoms with E-state index >= 15 is 0 Å². The van der Waals surface area contributed by atoms with E-state index in [1.165, 1.54) is 13.1 Å². The fourth-order valence-corrected chi connectivity index (χ4v) is 0.961. The molecular weight excluding hydrogens is 168 g/mol. The summed E-state index contributed by atoms with van der Waals surface area (Å²) in [5.41, 5.74) is 5.99. The molecule has 0 bridgehead atoms. The van der Waals surface area contributed by atoms with Crippen LogP contribution in [-0.2, 0) is 4.79 Å². The molecule has 0 atom stereocenters. The number of hydrogen-bond donors (Lipinski definition) is 1. The van der Waals surface area contributed by atoms with Crippen molar-refractivity contribution in [1.29, 1.82) is 0 Å². The standard InChI is InChI=1S/C9H10N2O2/c1-6(12)5-8(13)9-7(10)3-2-4-11-9/h2-4H,5,10H2,1H3. The number of nitrogen functional groups attached to an aromatic ring is 1. The molecule has 0 aromatic carbocycles. The van der Waals surface area contributed by atoms with Crippen molar-refractivity contribution in [1.82, 2.24) is 4.98 Å². The fourth-order valence-electron chi connectivity index (χ4n) is 0.961. The second-order valence-electron chi connectivity index (χ2n) is 2.74.